The van der Waals surface area contributed by atoms with E-state index in [4.69, 9.17) is 34.2 Å². The van der Waals surface area contributed by atoms with E-state index >= 15 is 0 Å². The van der Waals surface area contributed by atoms with Gasteiger partial charge in [0, 0.05) is 27.5 Å². The van der Waals surface area contributed by atoms with Crippen LogP contribution in [0.2, 0.25) is 10.0 Å². The number of hydrogen-bond acceptors (Lipinski definition) is 3. The molecule has 0 radical (unpaired) electrons. The van der Waals surface area contributed by atoms with Crippen LogP contribution in [0.4, 0.5) is 11.4 Å². The highest BCUT2D eigenvalue weighted by atomic mass is 35.5. The second-order valence-electron chi connectivity index (χ2n) is 4.78. The largest absolute Gasteiger partial charge is 0.398 e. The summed E-state index contributed by atoms with van der Waals surface area (Å²) in [4.78, 5) is 0. The number of anilines is 2. The molecule has 0 aliphatic carbocycles. The molecule has 0 aromatic heterocycles. The molecule has 0 saturated carbocycles. The summed E-state index contributed by atoms with van der Waals surface area (Å²) >= 11 is 12.1. The lowest BCUT2D eigenvalue weighted by Crippen LogP contribution is -2.08. The van der Waals surface area contributed by atoms with E-state index in [9.17, 15) is 0 Å². The van der Waals surface area contributed by atoms with Crippen LogP contribution in [0.25, 0.3) is 0 Å². The van der Waals surface area contributed by atoms with E-state index in [1.807, 2.05) is 31.2 Å². The smallest absolute Gasteiger partial charge is 0.0670 e. The maximum Gasteiger partial charge on any atom is 0.0670 e. The van der Waals surface area contributed by atoms with Gasteiger partial charge in [-0.2, -0.15) is 5.26 Å². The monoisotopic (exact) mass is 319 g/mol. The second-order valence-corrected chi connectivity index (χ2v) is 5.62. The lowest BCUT2D eigenvalue weighted by atomic mass is 10.1. The van der Waals surface area contributed by atoms with Crippen LogP contribution in [0.15, 0.2) is 36.4 Å². The third-order valence-electron chi connectivity index (χ3n) is 3.22. The lowest BCUT2D eigenvalue weighted by Gasteiger charge is -2.18. The molecule has 1 unspecified atom stereocenters. The quantitative estimate of drug-likeness (QED) is 0.794. The molecule has 2 aromatic carbocycles. The Morgan fingerprint density at radius 1 is 1.24 bits per heavy atom. The Kier molecular flexibility index (Phi) is 4.95. The van der Waals surface area contributed by atoms with Crippen LogP contribution in [0, 0.1) is 11.3 Å². The van der Waals surface area contributed by atoms with Crippen LogP contribution in [0.1, 0.15) is 24.1 Å². The molecule has 2 rings (SSSR count). The fourth-order valence-electron chi connectivity index (χ4n) is 2.11. The minimum Gasteiger partial charge on any atom is -0.398 e. The highest BCUT2D eigenvalue weighted by Gasteiger charge is 2.11. The number of nitriles is 1. The van der Waals surface area contributed by atoms with Gasteiger partial charge < -0.3 is 11.1 Å². The van der Waals surface area contributed by atoms with E-state index in [2.05, 4.69) is 11.4 Å². The van der Waals surface area contributed by atoms with E-state index < -0.39 is 0 Å². The normalized spacial score (nSPS) is 11.7. The van der Waals surface area contributed by atoms with Crippen molar-refractivity contribution in [3.05, 3.63) is 57.6 Å². The van der Waals surface area contributed by atoms with Gasteiger partial charge in [0.1, 0.15) is 0 Å². The van der Waals surface area contributed by atoms with Crippen LogP contribution >= 0.6 is 23.2 Å². The van der Waals surface area contributed by atoms with Gasteiger partial charge in [-0.3, -0.25) is 0 Å². The first-order chi connectivity index (χ1) is 10.0. The number of nitrogens with one attached hydrogen (secondary N) is 1. The van der Waals surface area contributed by atoms with Gasteiger partial charge in [-0.1, -0.05) is 29.3 Å². The molecule has 3 N–H and O–H groups in total. The van der Waals surface area contributed by atoms with Gasteiger partial charge in [-0.05, 0) is 48.4 Å². The van der Waals surface area contributed by atoms with Gasteiger partial charge in [-0.15, -0.1) is 0 Å². The van der Waals surface area contributed by atoms with Crippen LogP contribution in [-0.2, 0) is 6.42 Å². The molecule has 0 spiro atoms. The van der Waals surface area contributed by atoms with Crippen LogP contribution in [-0.4, -0.2) is 0 Å². The molecule has 0 fully saturated rings. The molecular formula is C16H15Cl2N3. The SMILES string of the molecule is CC(Nc1ccc(N)c(CC#N)c1)c1ccc(Cl)cc1Cl. The first-order valence-electron chi connectivity index (χ1n) is 6.48. The van der Waals surface area contributed by atoms with Crippen molar-refractivity contribution >= 4 is 34.6 Å². The molecule has 2 aromatic rings. The van der Waals surface area contributed by atoms with Crippen LogP contribution < -0.4 is 11.1 Å². The zero-order valence-corrected chi connectivity index (χ0v) is 13.0. The Bertz CT molecular complexity index is 692. The standard InChI is InChI=1S/C16H15Cl2N3/c1-10(14-4-2-12(17)9-15(14)18)21-13-3-5-16(20)11(8-13)6-7-19/h2-5,8-10,21H,6,20H2,1H3. The number of rotatable bonds is 4. The Labute approximate surface area is 134 Å². The van der Waals surface area contributed by atoms with E-state index in [0.717, 1.165) is 16.8 Å². The zero-order valence-electron chi connectivity index (χ0n) is 11.5. The van der Waals surface area contributed by atoms with Gasteiger partial charge in [0.2, 0.25) is 0 Å². The van der Waals surface area contributed by atoms with Crippen LogP contribution in [0.3, 0.4) is 0 Å². The van der Waals surface area contributed by atoms with Crippen molar-refractivity contribution in [3.8, 4) is 6.07 Å². The number of benzene rings is 2. The van der Waals surface area contributed by atoms with Gasteiger partial charge in [0.15, 0.2) is 0 Å². The molecule has 1 atom stereocenters. The summed E-state index contributed by atoms with van der Waals surface area (Å²) in [5, 5.41) is 13.4. The average molecular weight is 320 g/mol. The van der Waals surface area contributed by atoms with Gasteiger partial charge in [0.05, 0.1) is 12.5 Å². The van der Waals surface area contributed by atoms with Crippen molar-refractivity contribution in [2.45, 2.75) is 19.4 Å². The second kappa shape index (κ2) is 6.71. The summed E-state index contributed by atoms with van der Waals surface area (Å²) in [7, 11) is 0. The van der Waals surface area contributed by atoms with Gasteiger partial charge in [-0.25, -0.2) is 0 Å². The number of nitrogens with zero attached hydrogens (tertiary/aromatic N) is 1. The molecule has 0 saturated heterocycles. The maximum atomic E-state index is 8.80. The lowest BCUT2D eigenvalue weighted by molar-refractivity contribution is 0.884. The van der Waals surface area contributed by atoms with Crippen molar-refractivity contribution < 1.29 is 0 Å². The minimum atomic E-state index is 0.00771. The molecule has 0 aliphatic rings. The topological polar surface area (TPSA) is 61.8 Å². The van der Waals surface area contributed by atoms with Gasteiger partial charge >= 0.3 is 0 Å². The molecule has 21 heavy (non-hydrogen) atoms. The van der Waals surface area contributed by atoms with Crippen LogP contribution in [0.5, 0.6) is 0 Å². The highest BCUT2D eigenvalue weighted by molar-refractivity contribution is 6.35. The Morgan fingerprint density at radius 3 is 2.67 bits per heavy atom. The first-order valence-corrected chi connectivity index (χ1v) is 7.23. The Morgan fingerprint density at radius 2 is 2.00 bits per heavy atom. The number of halogens is 2. The molecule has 0 bridgehead atoms. The third kappa shape index (κ3) is 3.81. The number of nitrogens with two attached hydrogens (primary N) is 1. The molecule has 0 amide bonds. The van der Waals surface area contributed by atoms with E-state index in [-0.39, 0.29) is 12.5 Å². The number of hydrogen-bond donors (Lipinski definition) is 2. The van der Waals surface area contributed by atoms with Crippen molar-refractivity contribution in [2.24, 2.45) is 0 Å². The predicted octanol–water partition coefficient (Wildman–Crippen LogP) is 4.81. The van der Waals surface area contributed by atoms with E-state index in [1.54, 1.807) is 12.1 Å². The summed E-state index contributed by atoms with van der Waals surface area (Å²) in [5.41, 5.74) is 9.14. The summed E-state index contributed by atoms with van der Waals surface area (Å²) in [6.45, 7) is 2.01. The van der Waals surface area contributed by atoms with Gasteiger partial charge in [0.25, 0.3) is 0 Å². The van der Waals surface area contributed by atoms with Crippen molar-refractivity contribution in [3.63, 3.8) is 0 Å². The Balaban J connectivity index is 2.21. The summed E-state index contributed by atoms with van der Waals surface area (Å²) in [5.74, 6) is 0. The molecule has 108 valence electrons. The molecule has 0 heterocycles. The summed E-state index contributed by atoms with van der Waals surface area (Å²) < 4.78 is 0. The molecule has 0 aliphatic heterocycles. The van der Waals surface area contributed by atoms with Crippen molar-refractivity contribution in [1.29, 1.82) is 5.26 Å². The fraction of sp³-hybridized carbons (Fsp3) is 0.188. The van der Waals surface area contributed by atoms with Crippen molar-refractivity contribution in [1.82, 2.24) is 0 Å². The van der Waals surface area contributed by atoms with E-state index in [0.29, 0.717) is 15.7 Å². The minimum absolute atomic E-state index is 0.00771. The predicted molar refractivity (Wildman–Crippen MR) is 88.7 cm³/mol. The molecule has 5 heteroatoms. The highest BCUT2D eigenvalue weighted by Crippen LogP contribution is 2.29. The number of nitrogen functional groups attached to an aromatic ring is 1. The Hall–Kier alpha value is -1.89. The zero-order chi connectivity index (χ0) is 15.4. The summed E-state index contributed by atoms with van der Waals surface area (Å²) in [6, 6.07) is 13.1. The third-order valence-corrected chi connectivity index (χ3v) is 3.79. The average Bonchev–Trinajstić information content (AvgIpc) is 2.42. The van der Waals surface area contributed by atoms with E-state index in [1.165, 1.54) is 0 Å². The fourth-order valence-corrected chi connectivity index (χ4v) is 2.69. The molecular weight excluding hydrogens is 305 g/mol. The summed E-state index contributed by atoms with van der Waals surface area (Å²) in [6.07, 6.45) is 0.289. The van der Waals surface area contributed by atoms with Crippen molar-refractivity contribution in [2.75, 3.05) is 11.1 Å². The molecule has 3 nitrogen and oxygen atoms in total. The first kappa shape index (κ1) is 15.5. The maximum absolute atomic E-state index is 8.80.